The SMILES string of the molecule is CCC(CO)C(=O)OC(C)(C)CC. The standard InChI is InChI=1S/C10H20O3/c1-5-8(7-11)9(12)13-10(3,4)6-2/h8,11H,5-7H2,1-4H3. The summed E-state index contributed by atoms with van der Waals surface area (Å²) in [5, 5.41) is 8.87. The fraction of sp³-hybridized carbons (Fsp3) is 0.900. The van der Waals surface area contributed by atoms with Crippen LogP contribution in [0.25, 0.3) is 0 Å². The van der Waals surface area contributed by atoms with Crippen molar-refractivity contribution in [3.63, 3.8) is 0 Å². The van der Waals surface area contributed by atoms with Gasteiger partial charge in [-0.15, -0.1) is 0 Å². The summed E-state index contributed by atoms with van der Waals surface area (Å²) in [6, 6.07) is 0. The fourth-order valence-corrected chi connectivity index (χ4v) is 0.798. The molecule has 0 spiro atoms. The zero-order valence-corrected chi connectivity index (χ0v) is 8.96. The van der Waals surface area contributed by atoms with Crippen molar-refractivity contribution in [2.24, 2.45) is 5.92 Å². The number of aliphatic hydroxyl groups is 1. The second-order valence-corrected chi connectivity index (χ2v) is 3.82. The van der Waals surface area contributed by atoms with Gasteiger partial charge in [-0.05, 0) is 26.7 Å². The van der Waals surface area contributed by atoms with Crippen LogP contribution in [0.2, 0.25) is 0 Å². The first-order chi connectivity index (χ1) is 5.96. The van der Waals surface area contributed by atoms with Gasteiger partial charge in [0, 0.05) is 0 Å². The monoisotopic (exact) mass is 188 g/mol. The first-order valence-corrected chi connectivity index (χ1v) is 4.80. The number of esters is 1. The summed E-state index contributed by atoms with van der Waals surface area (Å²) in [5.74, 6) is -0.664. The Morgan fingerprint density at radius 1 is 1.46 bits per heavy atom. The largest absolute Gasteiger partial charge is 0.459 e. The van der Waals surface area contributed by atoms with Gasteiger partial charge in [0.15, 0.2) is 0 Å². The van der Waals surface area contributed by atoms with Crippen molar-refractivity contribution in [3.05, 3.63) is 0 Å². The molecular formula is C10H20O3. The highest BCUT2D eigenvalue weighted by molar-refractivity contribution is 5.72. The molecule has 78 valence electrons. The summed E-state index contributed by atoms with van der Waals surface area (Å²) in [4.78, 5) is 11.4. The third-order valence-corrected chi connectivity index (χ3v) is 2.27. The smallest absolute Gasteiger partial charge is 0.311 e. The van der Waals surface area contributed by atoms with Crippen LogP contribution in [-0.4, -0.2) is 23.3 Å². The average molecular weight is 188 g/mol. The maximum atomic E-state index is 11.4. The van der Waals surface area contributed by atoms with Crippen molar-refractivity contribution in [2.75, 3.05) is 6.61 Å². The highest BCUT2D eigenvalue weighted by Gasteiger charge is 2.25. The Labute approximate surface area is 80.1 Å². The number of carbonyl (C=O) groups excluding carboxylic acids is 1. The van der Waals surface area contributed by atoms with Crippen LogP contribution in [0.5, 0.6) is 0 Å². The average Bonchev–Trinajstić information content (AvgIpc) is 2.06. The number of hydrogen-bond acceptors (Lipinski definition) is 3. The first kappa shape index (κ1) is 12.4. The molecule has 3 nitrogen and oxygen atoms in total. The van der Waals surface area contributed by atoms with Crippen molar-refractivity contribution in [1.82, 2.24) is 0 Å². The Morgan fingerprint density at radius 3 is 2.31 bits per heavy atom. The third-order valence-electron chi connectivity index (χ3n) is 2.27. The van der Waals surface area contributed by atoms with E-state index in [-0.39, 0.29) is 18.5 Å². The van der Waals surface area contributed by atoms with Crippen molar-refractivity contribution in [3.8, 4) is 0 Å². The van der Waals surface area contributed by atoms with Crippen molar-refractivity contribution in [1.29, 1.82) is 0 Å². The van der Waals surface area contributed by atoms with Crippen LogP contribution >= 0.6 is 0 Å². The molecule has 13 heavy (non-hydrogen) atoms. The highest BCUT2D eigenvalue weighted by atomic mass is 16.6. The summed E-state index contributed by atoms with van der Waals surface area (Å²) in [5.41, 5.74) is -0.417. The van der Waals surface area contributed by atoms with Gasteiger partial charge in [0.05, 0.1) is 12.5 Å². The van der Waals surface area contributed by atoms with E-state index in [1.807, 2.05) is 27.7 Å². The molecule has 0 aromatic carbocycles. The van der Waals surface area contributed by atoms with Crippen LogP contribution in [0.1, 0.15) is 40.5 Å². The topological polar surface area (TPSA) is 46.5 Å². The van der Waals surface area contributed by atoms with Gasteiger partial charge >= 0.3 is 5.97 Å². The predicted octanol–water partition coefficient (Wildman–Crippen LogP) is 1.74. The molecule has 3 heteroatoms. The fourth-order valence-electron chi connectivity index (χ4n) is 0.798. The van der Waals surface area contributed by atoms with Crippen LogP contribution in [0.3, 0.4) is 0 Å². The van der Waals surface area contributed by atoms with E-state index in [9.17, 15) is 4.79 Å². The Morgan fingerprint density at radius 2 is 2.00 bits per heavy atom. The Bertz CT molecular complexity index is 160. The van der Waals surface area contributed by atoms with Gasteiger partial charge in [-0.3, -0.25) is 4.79 Å². The van der Waals surface area contributed by atoms with Gasteiger partial charge in [-0.1, -0.05) is 13.8 Å². The minimum Gasteiger partial charge on any atom is -0.459 e. The van der Waals surface area contributed by atoms with E-state index in [1.165, 1.54) is 0 Å². The maximum Gasteiger partial charge on any atom is 0.311 e. The minimum absolute atomic E-state index is 0.130. The summed E-state index contributed by atoms with van der Waals surface area (Å²) < 4.78 is 5.23. The lowest BCUT2D eigenvalue weighted by molar-refractivity contribution is -0.163. The molecule has 0 aliphatic carbocycles. The summed E-state index contributed by atoms with van der Waals surface area (Å²) in [6.07, 6.45) is 1.40. The Kier molecular flexibility index (Phi) is 4.99. The molecule has 0 radical (unpaired) electrons. The van der Waals surface area contributed by atoms with E-state index in [4.69, 9.17) is 9.84 Å². The van der Waals surface area contributed by atoms with Crippen molar-refractivity contribution < 1.29 is 14.6 Å². The van der Waals surface area contributed by atoms with Crippen LogP contribution in [0, 0.1) is 5.92 Å². The van der Waals surface area contributed by atoms with Gasteiger partial charge < -0.3 is 9.84 Å². The molecule has 0 amide bonds. The lowest BCUT2D eigenvalue weighted by Gasteiger charge is -2.25. The molecule has 0 aromatic heterocycles. The predicted molar refractivity (Wildman–Crippen MR) is 51.3 cm³/mol. The molecule has 0 saturated heterocycles. The molecule has 1 N–H and O–H groups in total. The lowest BCUT2D eigenvalue weighted by Crippen LogP contribution is -2.32. The normalized spacial score (nSPS) is 13.9. The molecule has 0 rings (SSSR count). The second kappa shape index (κ2) is 5.22. The molecule has 0 heterocycles. The highest BCUT2D eigenvalue weighted by Crippen LogP contribution is 2.17. The van der Waals surface area contributed by atoms with E-state index in [0.29, 0.717) is 6.42 Å². The van der Waals surface area contributed by atoms with Crippen molar-refractivity contribution in [2.45, 2.75) is 46.1 Å². The molecule has 1 unspecified atom stereocenters. The number of carbonyl (C=O) groups is 1. The first-order valence-electron chi connectivity index (χ1n) is 4.80. The van der Waals surface area contributed by atoms with Crippen LogP contribution in [0.15, 0.2) is 0 Å². The van der Waals surface area contributed by atoms with Gasteiger partial charge in [0.2, 0.25) is 0 Å². The summed E-state index contributed by atoms with van der Waals surface area (Å²) >= 11 is 0. The zero-order chi connectivity index (χ0) is 10.5. The number of aliphatic hydroxyl groups excluding tert-OH is 1. The lowest BCUT2D eigenvalue weighted by atomic mass is 10.0. The molecular weight excluding hydrogens is 168 g/mol. The summed E-state index contributed by atoms with van der Waals surface area (Å²) in [6.45, 7) is 7.44. The Balaban J connectivity index is 4.13. The van der Waals surface area contributed by atoms with Gasteiger partial charge in [0.25, 0.3) is 0 Å². The van der Waals surface area contributed by atoms with E-state index in [0.717, 1.165) is 6.42 Å². The second-order valence-electron chi connectivity index (χ2n) is 3.82. The third kappa shape index (κ3) is 4.27. The minimum atomic E-state index is -0.417. The molecule has 0 aliphatic rings. The zero-order valence-electron chi connectivity index (χ0n) is 8.96. The molecule has 0 aromatic rings. The van der Waals surface area contributed by atoms with E-state index in [2.05, 4.69) is 0 Å². The molecule has 0 bridgehead atoms. The Hall–Kier alpha value is -0.570. The van der Waals surface area contributed by atoms with Crippen molar-refractivity contribution >= 4 is 5.97 Å². The van der Waals surface area contributed by atoms with E-state index < -0.39 is 5.60 Å². The number of ether oxygens (including phenoxy) is 1. The number of rotatable bonds is 5. The maximum absolute atomic E-state index is 11.4. The van der Waals surface area contributed by atoms with Gasteiger partial charge in [0.1, 0.15) is 5.60 Å². The molecule has 0 aliphatic heterocycles. The summed E-state index contributed by atoms with van der Waals surface area (Å²) in [7, 11) is 0. The van der Waals surface area contributed by atoms with Gasteiger partial charge in [-0.25, -0.2) is 0 Å². The van der Waals surface area contributed by atoms with Crippen LogP contribution in [-0.2, 0) is 9.53 Å². The number of hydrogen-bond donors (Lipinski definition) is 1. The van der Waals surface area contributed by atoms with Crippen LogP contribution < -0.4 is 0 Å². The van der Waals surface area contributed by atoms with Gasteiger partial charge in [-0.2, -0.15) is 0 Å². The van der Waals surface area contributed by atoms with E-state index >= 15 is 0 Å². The van der Waals surface area contributed by atoms with Crippen LogP contribution in [0.4, 0.5) is 0 Å². The van der Waals surface area contributed by atoms with E-state index in [1.54, 1.807) is 0 Å². The molecule has 0 saturated carbocycles. The molecule has 0 fully saturated rings. The quantitative estimate of drug-likeness (QED) is 0.668. The molecule has 1 atom stereocenters.